The van der Waals surface area contributed by atoms with Gasteiger partial charge >= 0.3 is 7.37 Å². The summed E-state index contributed by atoms with van der Waals surface area (Å²) in [7, 11) is -4.30. The Morgan fingerprint density at radius 3 is 1.53 bits per heavy atom. The zero-order chi connectivity index (χ0) is 12.2. The summed E-state index contributed by atoms with van der Waals surface area (Å²) in [4.78, 5) is 32.6. The lowest BCUT2D eigenvalue weighted by Gasteiger charge is -2.15. The Morgan fingerprint density at radius 2 is 1.33 bits per heavy atom. The monoisotopic (exact) mass is 234 g/mol. The van der Waals surface area contributed by atoms with Gasteiger partial charge in [-0.15, -0.1) is 0 Å². The van der Waals surface area contributed by atoms with Crippen LogP contribution in [0.4, 0.5) is 0 Å². The molecule has 1 N–H and O–H groups in total. The summed E-state index contributed by atoms with van der Waals surface area (Å²) in [6, 6.07) is 0. The van der Waals surface area contributed by atoms with E-state index in [2.05, 4.69) is 0 Å². The number of rotatable bonds is 6. The number of hydrogen-bond donors (Lipinski definition) is 1. The van der Waals surface area contributed by atoms with E-state index in [0.717, 1.165) is 0 Å². The quantitative estimate of drug-likeness (QED) is 0.716. The van der Waals surface area contributed by atoms with Crippen LogP contribution in [0.3, 0.4) is 0 Å². The molecule has 2 atom stereocenters. The van der Waals surface area contributed by atoms with Crippen LogP contribution in [-0.4, -0.2) is 15.9 Å². The Morgan fingerprint density at radius 1 is 1.07 bits per heavy atom. The second kappa shape index (κ2) is 5.57. The van der Waals surface area contributed by atoms with E-state index >= 15 is 0 Å². The molecule has 0 rings (SSSR count). The second-order valence-electron chi connectivity index (χ2n) is 3.87. The van der Waals surface area contributed by atoms with Crippen molar-refractivity contribution < 1.29 is 19.0 Å². The van der Waals surface area contributed by atoms with Crippen LogP contribution in [0, 0.1) is 11.8 Å². The van der Waals surface area contributed by atoms with Gasteiger partial charge in [0.15, 0.2) is 0 Å². The molecule has 88 valence electrons. The van der Waals surface area contributed by atoms with Gasteiger partial charge in [-0.2, -0.15) is 0 Å². The van der Waals surface area contributed by atoms with Crippen molar-refractivity contribution in [3.63, 3.8) is 0 Å². The lowest BCUT2D eigenvalue weighted by molar-refractivity contribution is -0.119. The third-order valence-corrected chi connectivity index (χ3v) is 4.74. The summed E-state index contributed by atoms with van der Waals surface area (Å²) in [6.45, 7) is 6.62. The Hall–Kier alpha value is -0.470. The van der Waals surface area contributed by atoms with Crippen LogP contribution in [0.15, 0.2) is 0 Å². The lowest BCUT2D eigenvalue weighted by Crippen LogP contribution is -2.20. The highest BCUT2D eigenvalue weighted by atomic mass is 31.2. The van der Waals surface area contributed by atoms with Gasteiger partial charge < -0.3 is 4.89 Å². The molecule has 2 unspecified atom stereocenters. The Balaban J connectivity index is 4.90. The normalized spacial score (nSPS) is 19.0. The maximum Gasteiger partial charge on any atom is 0.328 e. The molecule has 0 amide bonds. The highest BCUT2D eigenvalue weighted by Gasteiger charge is 2.41. The Labute approximate surface area is 90.5 Å². The SMILES string of the molecule is CCC(C)C(=O)P(=O)(O)C(=O)C(C)CC. The van der Waals surface area contributed by atoms with E-state index in [-0.39, 0.29) is 0 Å². The predicted molar refractivity (Wildman–Crippen MR) is 58.7 cm³/mol. The molecule has 0 aromatic carbocycles. The molecule has 0 aromatic rings. The van der Waals surface area contributed by atoms with Gasteiger partial charge in [0.05, 0.1) is 0 Å². The van der Waals surface area contributed by atoms with Crippen molar-refractivity contribution in [2.45, 2.75) is 40.5 Å². The smallest absolute Gasteiger partial charge is 0.328 e. The summed E-state index contributed by atoms with van der Waals surface area (Å²) in [5.74, 6) is -1.07. The van der Waals surface area contributed by atoms with Crippen LogP contribution < -0.4 is 0 Å². The lowest BCUT2D eigenvalue weighted by atomic mass is 10.1. The molecule has 0 fully saturated rings. The molecule has 0 spiro atoms. The summed E-state index contributed by atoms with van der Waals surface area (Å²) in [5, 5.41) is 0. The number of carbonyl (C=O) groups excluding carboxylic acids is 2. The van der Waals surface area contributed by atoms with Crippen molar-refractivity contribution in [3.05, 3.63) is 0 Å². The van der Waals surface area contributed by atoms with Crippen molar-refractivity contribution in [1.82, 2.24) is 0 Å². The molecule has 15 heavy (non-hydrogen) atoms. The van der Waals surface area contributed by atoms with Gasteiger partial charge in [0.2, 0.25) is 11.0 Å². The van der Waals surface area contributed by atoms with Crippen LogP contribution in [0.25, 0.3) is 0 Å². The third kappa shape index (κ3) is 3.25. The van der Waals surface area contributed by atoms with Crippen molar-refractivity contribution in [2.75, 3.05) is 0 Å². The minimum atomic E-state index is -4.30. The zero-order valence-corrected chi connectivity index (χ0v) is 10.6. The molecular formula is C10H19O4P. The molecule has 0 aromatic heterocycles. The zero-order valence-electron chi connectivity index (χ0n) is 9.69. The van der Waals surface area contributed by atoms with E-state index in [1.807, 2.05) is 0 Å². The first-order valence-corrected chi connectivity index (χ1v) is 6.86. The van der Waals surface area contributed by atoms with Crippen LogP contribution in [0.5, 0.6) is 0 Å². The highest BCUT2D eigenvalue weighted by molar-refractivity contribution is 7.89. The molecule has 0 heterocycles. The minimum Gasteiger partial charge on any atom is -0.334 e. The van der Waals surface area contributed by atoms with Crippen LogP contribution in [0.2, 0.25) is 0 Å². The third-order valence-electron chi connectivity index (χ3n) is 2.67. The molecule has 0 aliphatic rings. The standard InChI is InChI=1S/C10H19O4P/c1-5-7(3)9(11)15(13,14)10(12)8(4)6-2/h7-8H,5-6H2,1-4H3,(H,13,14). The fourth-order valence-corrected chi connectivity index (χ4v) is 2.83. The van der Waals surface area contributed by atoms with Gasteiger partial charge in [-0.3, -0.25) is 14.2 Å². The fourth-order valence-electron chi connectivity index (χ4n) is 1.06. The second-order valence-corrected chi connectivity index (χ2v) is 5.90. The van der Waals surface area contributed by atoms with Crippen LogP contribution in [0.1, 0.15) is 40.5 Å². The van der Waals surface area contributed by atoms with Gasteiger partial charge in [0, 0.05) is 11.8 Å². The van der Waals surface area contributed by atoms with E-state index in [4.69, 9.17) is 0 Å². The molecule has 0 bridgehead atoms. The largest absolute Gasteiger partial charge is 0.334 e. The molecule has 0 aliphatic heterocycles. The number of hydrogen-bond acceptors (Lipinski definition) is 3. The highest BCUT2D eigenvalue weighted by Crippen LogP contribution is 2.48. The molecular weight excluding hydrogens is 215 g/mol. The van der Waals surface area contributed by atoms with Gasteiger partial charge in [0.1, 0.15) is 0 Å². The maximum absolute atomic E-state index is 11.7. The predicted octanol–water partition coefficient (Wildman–Crippen LogP) is 2.40. The molecule has 0 radical (unpaired) electrons. The van der Waals surface area contributed by atoms with Gasteiger partial charge in [-0.25, -0.2) is 0 Å². The molecule has 0 aliphatic carbocycles. The van der Waals surface area contributed by atoms with E-state index in [0.29, 0.717) is 12.8 Å². The fraction of sp³-hybridized carbons (Fsp3) is 0.800. The number of carbonyl (C=O) groups is 2. The maximum atomic E-state index is 11.7. The van der Waals surface area contributed by atoms with Gasteiger partial charge in [-0.05, 0) is 12.8 Å². The first kappa shape index (κ1) is 14.5. The molecule has 0 saturated heterocycles. The van der Waals surface area contributed by atoms with E-state index in [9.17, 15) is 19.0 Å². The molecule has 5 heteroatoms. The summed E-state index contributed by atoms with van der Waals surface area (Å²) in [5.41, 5.74) is -1.62. The van der Waals surface area contributed by atoms with E-state index in [1.165, 1.54) is 0 Å². The average Bonchev–Trinajstić information content (AvgIpc) is 2.24. The Kier molecular flexibility index (Phi) is 5.39. The van der Waals surface area contributed by atoms with Gasteiger partial charge in [0.25, 0.3) is 0 Å². The summed E-state index contributed by atoms with van der Waals surface area (Å²) >= 11 is 0. The van der Waals surface area contributed by atoms with Crippen LogP contribution in [-0.2, 0) is 14.2 Å². The molecule has 4 nitrogen and oxygen atoms in total. The summed E-state index contributed by atoms with van der Waals surface area (Å²) in [6.07, 6.45) is 0.939. The Bertz CT molecular complexity index is 272. The van der Waals surface area contributed by atoms with E-state index in [1.54, 1.807) is 27.7 Å². The van der Waals surface area contributed by atoms with Gasteiger partial charge in [-0.1, -0.05) is 27.7 Å². The van der Waals surface area contributed by atoms with Crippen molar-refractivity contribution in [2.24, 2.45) is 11.8 Å². The van der Waals surface area contributed by atoms with E-state index < -0.39 is 30.3 Å². The first-order chi connectivity index (χ1) is 6.78. The minimum absolute atomic E-state index is 0.469. The molecule has 0 saturated carbocycles. The topological polar surface area (TPSA) is 71.4 Å². The van der Waals surface area contributed by atoms with Crippen molar-refractivity contribution in [3.8, 4) is 0 Å². The van der Waals surface area contributed by atoms with Crippen molar-refractivity contribution >= 4 is 18.4 Å². The van der Waals surface area contributed by atoms with Crippen molar-refractivity contribution in [1.29, 1.82) is 0 Å². The summed E-state index contributed by atoms with van der Waals surface area (Å²) < 4.78 is 11.7. The van der Waals surface area contributed by atoms with Crippen LogP contribution >= 0.6 is 7.37 Å². The average molecular weight is 234 g/mol. The first-order valence-electron chi connectivity index (χ1n) is 5.20.